The molecule has 1 aliphatic heterocycles. The van der Waals surface area contributed by atoms with Crippen LogP contribution in [-0.2, 0) is 14.3 Å². The van der Waals surface area contributed by atoms with Crippen LogP contribution < -0.4 is 5.32 Å². The lowest BCUT2D eigenvalue weighted by atomic mass is 9.75. The van der Waals surface area contributed by atoms with Gasteiger partial charge in [-0.2, -0.15) is 0 Å². The van der Waals surface area contributed by atoms with E-state index in [1.807, 2.05) is 0 Å². The molecule has 108 valence electrons. The van der Waals surface area contributed by atoms with E-state index in [1.165, 1.54) is 6.42 Å². The van der Waals surface area contributed by atoms with Crippen molar-refractivity contribution in [2.75, 3.05) is 0 Å². The van der Waals surface area contributed by atoms with Crippen LogP contribution in [0.2, 0.25) is 0 Å². The quantitative estimate of drug-likeness (QED) is 0.798. The molecule has 1 aliphatic carbocycles. The molecule has 1 heterocycles. The Hall–Kier alpha value is -1.06. The minimum absolute atomic E-state index is 0.0220. The van der Waals surface area contributed by atoms with E-state index in [0.29, 0.717) is 30.6 Å². The Morgan fingerprint density at radius 1 is 1.32 bits per heavy atom. The number of hydrogen-bond acceptors (Lipinski definition) is 3. The molecule has 4 nitrogen and oxygen atoms in total. The summed E-state index contributed by atoms with van der Waals surface area (Å²) >= 11 is 0. The standard InChI is InChI=1S/C15H25NO3/c1-9(2)11-5-4-10(3)8-13(11)19-15(18)12-6-7-14(17)16-12/h9-13H,4-8H2,1-3H3,(H,16,17). The van der Waals surface area contributed by atoms with Gasteiger partial charge in [0, 0.05) is 6.42 Å². The van der Waals surface area contributed by atoms with Crippen molar-refractivity contribution in [3.8, 4) is 0 Å². The van der Waals surface area contributed by atoms with Gasteiger partial charge in [0.1, 0.15) is 12.1 Å². The predicted octanol–water partition coefficient (Wildman–Crippen LogP) is 2.27. The fraction of sp³-hybridized carbons (Fsp3) is 0.867. The number of rotatable bonds is 3. The second kappa shape index (κ2) is 5.93. The number of amides is 1. The highest BCUT2D eigenvalue weighted by Gasteiger charge is 2.36. The van der Waals surface area contributed by atoms with Crippen LogP contribution in [0.4, 0.5) is 0 Å². The third-order valence-corrected chi connectivity index (χ3v) is 4.51. The molecule has 1 N–H and O–H groups in total. The van der Waals surface area contributed by atoms with E-state index in [0.717, 1.165) is 12.8 Å². The first kappa shape index (κ1) is 14.4. The van der Waals surface area contributed by atoms with Gasteiger partial charge in [-0.3, -0.25) is 4.79 Å². The second-order valence-corrected chi connectivity index (χ2v) is 6.46. The van der Waals surface area contributed by atoms with Gasteiger partial charge in [0.25, 0.3) is 0 Å². The maximum absolute atomic E-state index is 12.1. The van der Waals surface area contributed by atoms with Crippen LogP contribution in [0.5, 0.6) is 0 Å². The van der Waals surface area contributed by atoms with Gasteiger partial charge in [0.05, 0.1) is 0 Å². The minimum atomic E-state index is -0.419. The topological polar surface area (TPSA) is 55.4 Å². The zero-order valence-electron chi connectivity index (χ0n) is 12.1. The van der Waals surface area contributed by atoms with E-state index >= 15 is 0 Å². The average molecular weight is 267 g/mol. The molecule has 1 saturated carbocycles. The number of carbonyl (C=O) groups is 2. The number of hydrogen-bond donors (Lipinski definition) is 1. The maximum Gasteiger partial charge on any atom is 0.328 e. The van der Waals surface area contributed by atoms with Gasteiger partial charge in [0.15, 0.2) is 0 Å². The van der Waals surface area contributed by atoms with E-state index in [-0.39, 0.29) is 18.0 Å². The monoisotopic (exact) mass is 267 g/mol. The SMILES string of the molecule is CC1CCC(C(C)C)C(OC(=O)C2CCC(=O)N2)C1. The maximum atomic E-state index is 12.1. The van der Waals surface area contributed by atoms with Crippen molar-refractivity contribution in [3.63, 3.8) is 0 Å². The molecule has 4 unspecified atom stereocenters. The fourth-order valence-electron chi connectivity index (χ4n) is 3.27. The number of nitrogens with one attached hydrogen (secondary N) is 1. The van der Waals surface area contributed by atoms with E-state index < -0.39 is 6.04 Å². The number of esters is 1. The van der Waals surface area contributed by atoms with Crippen molar-refractivity contribution < 1.29 is 14.3 Å². The van der Waals surface area contributed by atoms with Crippen molar-refractivity contribution in [1.29, 1.82) is 0 Å². The smallest absolute Gasteiger partial charge is 0.328 e. The van der Waals surface area contributed by atoms with E-state index in [4.69, 9.17) is 4.74 Å². The summed E-state index contributed by atoms with van der Waals surface area (Å²) in [6.07, 6.45) is 4.34. The highest BCUT2D eigenvalue weighted by atomic mass is 16.5. The molecule has 2 rings (SSSR count). The fourth-order valence-corrected chi connectivity index (χ4v) is 3.27. The molecule has 4 heteroatoms. The number of carbonyl (C=O) groups excluding carboxylic acids is 2. The second-order valence-electron chi connectivity index (χ2n) is 6.46. The third-order valence-electron chi connectivity index (χ3n) is 4.51. The van der Waals surface area contributed by atoms with Crippen molar-refractivity contribution in [2.45, 2.75) is 65.0 Å². The Labute approximate surface area is 115 Å². The molecule has 2 aliphatic rings. The molecule has 0 bridgehead atoms. The summed E-state index contributed by atoms with van der Waals surface area (Å²) in [6, 6.07) is -0.419. The lowest BCUT2D eigenvalue weighted by Gasteiger charge is -2.37. The average Bonchev–Trinajstić information content (AvgIpc) is 2.75. The van der Waals surface area contributed by atoms with Gasteiger partial charge in [-0.05, 0) is 37.0 Å². The lowest BCUT2D eigenvalue weighted by Crippen LogP contribution is -2.41. The summed E-state index contributed by atoms with van der Waals surface area (Å²) in [5.41, 5.74) is 0. The Balaban J connectivity index is 1.94. The summed E-state index contributed by atoms with van der Waals surface area (Å²) < 4.78 is 5.71. The summed E-state index contributed by atoms with van der Waals surface area (Å²) in [5, 5.41) is 2.69. The number of ether oxygens (including phenoxy) is 1. The van der Waals surface area contributed by atoms with Gasteiger partial charge in [-0.25, -0.2) is 4.79 Å². The summed E-state index contributed by atoms with van der Waals surface area (Å²) in [4.78, 5) is 23.3. The van der Waals surface area contributed by atoms with Crippen molar-refractivity contribution >= 4 is 11.9 Å². The minimum Gasteiger partial charge on any atom is -0.461 e. The molecule has 2 fully saturated rings. The predicted molar refractivity (Wildman–Crippen MR) is 72.4 cm³/mol. The summed E-state index contributed by atoms with van der Waals surface area (Å²) in [5.74, 6) is 1.32. The molecule has 0 aromatic heterocycles. The van der Waals surface area contributed by atoms with Crippen LogP contribution in [0.15, 0.2) is 0 Å². The van der Waals surface area contributed by atoms with Gasteiger partial charge in [-0.15, -0.1) is 0 Å². The van der Waals surface area contributed by atoms with Crippen LogP contribution in [-0.4, -0.2) is 24.0 Å². The first-order valence-electron chi connectivity index (χ1n) is 7.47. The molecule has 0 aromatic rings. The summed E-state index contributed by atoms with van der Waals surface area (Å²) in [6.45, 7) is 6.60. The van der Waals surface area contributed by atoms with E-state index in [2.05, 4.69) is 26.1 Å². The summed E-state index contributed by atoms with van der Waals surface area (Å²) in [7, 11) is 0. The van der Waals surface area contributed by atoms with Gasteiger partial charge < -0.3 is 10.1 Å². The Kier molecular flexibility index (Phi) is 4.48. The molecule has 0 radical (unpaired) electrons. The Bertz CT molecular complexity index is 353. The molecule has 1 saturated heterocycles. The highest BCUT2D eigenvalue weighted by molar-refractivity contribution is 5.88. The van der Waals surface area contributed by atoms with Gasteiger partial charge in [-0.1, -0.05) is 27.2 Å². The Morgan fingerprint density at radius 2 is 2.05 bits per heavy atom. The van der Waals surface area contributed by atoms with Crippen LogP contribution in [0.3, 0.4) is 0 Å². The molecule has 19 heavy (non-hydrogen) atoms. The molecule has 0 spiro atoms. The lowest BCUT2D eigenvalue weighted by molar-refractivity contribution is -0.158. The third kappa shape index (κ3) is 3.48. The first-order chi connectivity index (χ1) is 8.97. The molecular weight excluding hydrogens is 242 g/mol. The van der Waals surface area contributed by atoms with Crippen molar-refractivity contribution in [3.05, 3.63) is 0 Å². The van der Waals surface area contributed by atoms with Gasteiger partial charge in [0.2, 0.25) is 5.91 Å². The molecule has 4 atom stereocenters. The first-order valence-corrected chi connectivity index (χ1v) is 7.47. The van der Waals surface area contributed by atoms with E-state index in [1.54, 1.807) is 0 Å². The van der Waals surface area contributed by atoms with Crippen molar-refractivity contribution in [1.82, 2.24) is 5.32 Å². The molecule has 1 amide bonds. The largest absolute Gasteiger partial charge is 0.461 e. The van der Waals surface area contributed by atoms with E-state index in [9.17, 15) is 9.59 Å². The van der Waals surface area contributed by atoms with Crippen LogP contribution in [0, 0.1) is 17.8 Å². The zero-order valence-corrected chi connectivity index (χ0v) is 12.1. The van der Waals surface area contributed by atoms with Gasteiger partial charge >= 0.3 is 5.97 Å². The van der Waals surface area contributed by atoms with Crippen LogP contribution >= 0.6 is 0 Å². The van der Waals surface area contributed by atoms with Crippen LogP contribution in [0.25, 0.3) is 0 Å². The Morgan fingerprint density at radius 3 is 2.63 bits per heavy atom. The molecule has 0 aromatic carbocycles. The van der Waals surface area contributed by atoms with Crippen LogP contribution in [0.1, 0.15) is 52.9 Å². The molecular formula is C15H25NO3. The normalized spacial score (nSPS) is 35.3. The highest BCUT2D eigenvalue weighted by Crippen LogP contribution is 2.35. The zero-order chi connectivity index (χ0) is 14.0. The van der Waals surface area contributed by atoms with Crippen molar-refractivity contribution in [2.24, 2.45) is 17.8 Å².